The molecule has 2 aromatic rings. The Balaban J connectivity index is 1.71. The molecule has 0 spiro atoms. The molecule has 0 aliphatic heterocycles. The van der Waals surface area contributed by atoms with Crippen molar-refractivity contribution in [3.05, 3.63) is 59.7 Å². The van der Waals surface area contributed by atoms with Gasteiger partial charge >= 0.3 is 0 Å². The van der Waals surface area contributed by atoms with Crippen LogP contribution in [-0.2, 0) is 11.3 Å². The monoisotopic (exact) mass is 410 g/mol. The molecule has 1 saturated carbocycles. The quantitative estimate of drug-likeness (QED) is 0.670. The van der Waals surface area contributed by atoms with Crippen molar-refractivity contribution < 1.29 is 14.6 Å². The summed E-state index contributed by atoms with van der Waals surface area (Å²) in [4.78, 5) is 15.1. The number of anilines is 1. The molecule has 5 heteroatoms. The maximum atomic E-state index is 12.9. The number of hydrogen-bond donors (Lipinski definition) is 2. The van der Waals surface area contributed by atoms with Crippen molar-refractivity contribution in [2.24, 2.45) is 0 Å². The van der Waals surface area contributed by atoms with E-state index in [-0.39, 0.29) is 18.1 Å². The first-order valence-electron chi connectivity index (χ1n) is 10.9. The highest BCUT2D eigenvalue weighted by Crippen LogP contribution is 2.26. The van der Waals surface area contributed by atoms with Crippen LogP contribution in [0.15, 0.2) is 48.5 Å². The van der Waals surface area contributed by atoms with Crippen molar-refractivity contribution in [3.63, 3.8) is 0 Å². The molecule has 0 heterocycles. The Labute approximate surface area is 180 Å². The van der Waals surface area contributed by atoms with Gasteiger partial charge in [-0.1, -0.05) is 38.1 Å². The van der Waals surface area contributed by atoms with Crippen LogP contribution in [0.5, 0.6) is 5.75 Å². The van der Waals surface area contributed by atoms with Crippen molar-refractivity contribution in [1.29, 1.82) is 0 Å². The van der Waals surface area contributed by atoms with Gasteiger partial charge in [-0.15, -0.1) is 0 Å². The molecule has 162 valence electrons. The number of carbonyl (C=O) groups excluding carboxylic acids is 1. The second-order valence-electron chi connectivity index (χ2n) is 8.55. The number of hydrogen-bond acceptors (Lipinski definition) is 4. The predicted octanol–water partition coefficient (Wildman–Crippen LogP) is 4.56. The molecule has 0 atom stereocenters. The molecule has 5 nitrogen and oxygen atoms in total. The van der Waals surface area contributed by atoms with Crippen molar-refractivity contribution in [2.75, 3.05) is 19.0 Å². The number of ether oxygens (including phenoxy) is 1. The normalized spacial score (nSPS) is 19.1. The van der Waals surface area contributed by atoms with E-state index in [1.807, 2.05) is 36.4 Å². The van der Waals surface area contributed by atoms with Crippen LogP contribution in [0.1, 0.15) is 56.6 Å². The molecule has 2 aromatic carbocycles. The van der Waals surface area contributed by atoms with Crippen molar-refractivity contribution in [3.8, 4) is 5.75 Å². The molecule has 30 heavy (non-hydrogen) atoms. The van der Waals surface area contributed by atoms with Gasteiger partial charge in [0.05, 0.1) is 19.8 Å². The molecule has 2 N–H and O–H groups in total. The summed E-state index contributed by atoms with van der Waals surface area (Å²) in [5, 5.41) is 13.0. The van der Waals surface area contributed by atoms with E-state index in [2.05, 4.69) is 36.2 Å². The Bertz CT molecular complexity index is 829. The first kappa shape index (κ1) is 22.3. The lowest BCUT2D eigenvalue weighted by molar-refractivity contribution is -0.118. The maximum absolute atomic E-state index is 12.9. The van der Waals surface area contributed by atoms with E-state index >= 15 is 0 Å². The van der Waals surface area contributed by atoms with Gasteiger partial charge in [0.1, 0.15) is 5.75 Å². The minimum Gasteiger partial charge on any atom is -0.497 e. The van der Waals surface area contributed by atoms with Crippen LogP contribution >= 0.6 is 0 Å². The van der Waals surface area contributed by atoms with Gasteiger partial charge in [-0.3, -0.25) is 9.69 Å². The number of methoxy groups -OCH3 is 1. The fourth-order valence-corrected chi connectivity index (χ4v) is 4.10. The number of amides is 1. The van der Waals surface area contributed by atoms with Crippen LogP contribution in [0.3, 0.4) is 0 Å². The smallest absolute Gasteiger partial charge is 0.238 e. The summed E-state index contributed by atoms with van der Waals surface area (Å²) < 4.78 is 5.36. The fourth-order valence-electron chi connectivity index (χ4n) is 4.10. The zero-order chi connectivity index (χ0) is 21.5. The SMILES string of the molecule is COc1cccc(CN(CC(=O)Nc2cccc(C(C)C)c2)C2CCC(O)CC2)c1. The van der Waals surface area contributed by atoms with Gasteiger partial charge in [-0.05, 0) is 67.0 Å². The van der Waals surface area contributed by atoms with Crippen molar-refractivity contribution in [1.82, 2.24) is 4.90 Å². The minimum atomic E-state index is -0.215. The summed E-state index contributed by atoms with van der Waals surface area (Å²) in [6, 6.07) is 16.3. The van der Waals surface area contributed by atoms with Gasteiger partial charge in [0.15, 0.2) is 0 Å². The van der Waals surface area contributed by atoms with Crippen LogP contribution in [0.25, 0.3) is 0 Å². The number of nitrogens with one attached hydrogen (secondary N) is 1. The van der Waals surface area contributed by atoms with Crippen molar-refractivity contribution >= 4 is 11.6 Å². The van der Waals surface area contributed by atoms with E-state index < -0.39 is 0 Å². The maximum Gasteiger partial charge on any atom is 0.238 e. The third-order valence-electron chi connectivity index (χ3n) is 5.89. The third kappa shape index (κ3) is 6.31. The lowest BCUT2D eigenvalue weighted by atomic mass is 9.91. The number of nitrogens with zero attached hydrogens (tertiary/aromatic N) is 1. The average Bonchev–Trinajstić information content (AvgIpc) is 2.74. The number of rotatable bonds is 8. The van der Waals surface area contributed by atoms with E-state index in [4.69, 9.17) is 4.74 Å². The van der Waals surface area contributed by atoms with E-state index in [9.17, 15) is 9.90 Å². The van der Waals surface area contributed by atoms with E-state index in [0.717, 1.165) is 42.7 Å². The van der Waals surface area contributed by atoms with Crippen LogP contribution in [0.4, 0.5) is 5.69 Å². The Morgan fingerprint density at radius 1 is 1.13 bits per heavy atom. The van der Waals surface area contributed by atoms with Crippen LogP contribution < -0.4 is 10.1 Å². The largest absolute Gasteiger partial charge is 0.497 e. The molecular weight excluding hydrogens is 376 g/mol. The first-order chi connectivity index (χ1) is 14.4. The second kappa shape index (κ2) is 10.6. The molecule has 3 rings (SSSR count). The van der Waals surface area contributed by atoms with Gasteiger partial charge < -0.3 is 15.2 Å². The van der Waals surface area contributed by atoms with Crippen molar-refractivity contribution in [2.45, 2.75) is 64.1 Å². The van der Waals surface area contributed by atoms with Gasteiger partial charge in [-0.2, -0.15) is 0 Å². The number of aliphatic hydroxyl groups is 1. The summed E-state index contributed by atoms with van der Waals surface area (Å²) >= 11 is 0. The Morgan fingerprint density at radius 3 is 2.57 bits per heavy atom. The summed E-state index contributed by atoms with van der Waals surface area (Å²) in [6.45, 7) is 5.30. The van der Waals surface area contributed by atoms with Crippen LogP contribution in [0.2, 0.25) is 0 Å². The zero-order valence-electron chi connectivity index (χ0n) is 18.3. The minimum absolute atomic E-state index is 0.00933. The zero-order valence-corrected chi connectivity index (χ0v) is 18.3. The third-order valence-corrected chi connectivity index (χ3v) is 5.89. The molecule has 0 saturated heterocycles. The van der Waals surface area contributed by atoms with Gasteiger partial charge in [0, 0.05) is 18.3 Å². The summed E-state index contributed by atoms with van der Waals surface area (Å²) in [5.41, 5.74) is 3.17. The van der Waals surface area contributed by atoms with Gasteiger partial charge in [-0.25, -0.2) is 0 Å². The molecule has 1 aliphatic rings. The summed E-state index contributed by atoms with van der Waals surface area (Å²) in [5.74, 6) is 1.23. The summed E-state index contributed by atoms with van der Waals surface area (Å²) in [7, 11) is 1.66. The van der Waals surface area contributed by atoms with Gasteiger partial charge in [0.2, 0.25) is 5.91 Å². The number of carbonyl (C=O) groups is 1. The molecule has 1 fully saturated rings. The molecule has 0 radical (unpaired) electrons. The van der Waals surface area contributed by atoms with Gasteiger partial charge in [0.25, 0.3) is 0 Å². The van der Waals surface area contributed by atoms with E-state index in [1.54, 1.807) is 7.11 Å². The second-order valence-corrected chi connectivity index (χ2v) is 8.55. The Morgan fingerprint density at radius 2 is 1.87 bits per heavy atom. The molecular formula is C25H34N2O3. The number of benzene rings is 2. The fraction of sp³-hybridized carbons (Fsp3) is 0.480. The van der Waals surface area contributed by atoms with Crippen LogP contribution in [0, 0.1) is 0 Å². The first-order valence-corrected chi connectivity index (χ1v) is 10.9. The Hall–Kier alpha value is -2.37. The lowest BCUT2D eigenvalue weighted by Gasteiger charge is -2.35. The Kier molecular flexibility index (Phi) is 7.88. The van der Waals surface area contributed by atoms with Crippen LogP contribution in [-0.4, -0.2) is 41.7 Å². The average molecular weight is 411 g/mol. The summed E-state index contributed by atoms with van der Waals surface area (Å²) in [6.07, 6.45) is 3.17. The molecule has 1 aliphatic carbocycles. The highest BCUT2D eigenvalue weighted by Gasteiger charge is 2.26. The topological polar surface area (TPSA) is 61.8 Å². The molecule has 0 aromatic heterocycles. The molecule has 0 bridgehead atoms. The standard InChI is InChI=1S/C25H34N2O3/c1-18(2)20-7-5-8-21(15-20)26-25(29)17-27(22-10-12-23(28)13-11-22)16-19-6-4-9-24(14-19)30-3/h4-9,14-15,18,22-23,28H,10-13,16-17H2,1-3H3,(H,26,29). The highest BCUT2D eigenvalue weighted by atomic mass is 16.5. The van der Waals surface area contributed by atoms with E-state index in [0.29, 0.717) is 19.0 Å². The lowest BCUT2D eigenvalue weighted by Crippen LogP contribution is -2.42. The highest BCUT2D eigenvalue weighted by molar-refractivity contribution is 5.92. The molecule has 1 amide bonds. The molecule has 0 unspecified atom stereocenters. The number of aliphatic hydroxyl groups excluding tert-OH is 1. The predicted molar refractivity (Wildman–Crippen MR) is 121 cm³/mol. The van der Waals surface area contributed by atoms with E-state index in [1.165, 1.54) is 5.56 Å².